The van der Waals surface area contributed by atoms with Crippen molar-refractivity contribution in [1.29, 1.82) is 0 Å². The Kier molecular flexibility index (Phi) is 5.82. The molecule has 0 radical (unpaired) electrons. The van der Waals surface area contributed by atoms with Crippen LogP contribution >= 0.6 is 0 Å². The number of carbonyl (C=O) groups excluding carboxylic acids is 2. The largest absolute Gasteiger partial charge is 0.364 e. The van der Waals surface area contributed by atoms with Crippen LogP contribution in [0.4, 0.5) is 4.79 Å². The Hall–Kier alpha value is -1.14. The minimum Gasteiger partial charge on any atom is -0.364 e. The van der Waals surface area contributed by atoms with E-state index >= 15 is 0 Å². The molecule has 82 valence electrons. The summed E-state index contributed by atoms with van der Waals surface area (Å²) in [6.07, 6.45) is -0.792. The zero-order valence-corrected chi connectivity index (χ0v) is 8.66. The van der Waals surface area contributed by atoms with Crippen molar-refractivity contribution >= 4 is 11.9 Å². The lowest BCUT2D eigenvalue weighted by atomic mass is 10.3. The summed E-state index contributed by atoms with van der Waals surface area (Å²) in [7, 11) is 1.79. The fraction of sp³-hybridized carbons (Fsp3) is 0.750. The maximum atomic E-state index is 11.1. The molecule has 3 amide bonds. The minimum absolute atomic E-state index is 0.103. The summed E-state index contributed by atoms with van der Waals surface area (Å²) in [6.45, 7) is 4.02. The van der Waals surface area contributed by atoms with Crippen molar-refractivity contribution in [3.8, 4) is 0 Å². The first kappa shape index (κ1) is 12.9. The number of imide groups is 1. The van der Waals surface area contributed by atoms with E-state index in [1.165, 1.54) is 0 Å². The summed E-state index contributed by atoms with van der Waals surface area (Å²) in [5.41, 5.74) is 4.78. The molecule has 0 saturated carbocycles. The molecule has 0 aliphatic heterocycles. The SMILES string of the molecule is CNCC(C)OC(C)C(=O)NC(N)=O. The number of ether oxygens (including phenoxy) is 1. The molecule has 2 unspecified atom stereocenters. The molecule has 0 aliphatic rings. The first-order valence-corrected chi connectivity index (χ1v) is 4.37. The third kappa shape index (κ3) is 5.50. The van der Waals surface area contributed by atoms with E-state index < -0.39 is 18.0 Å². The molecule has 0 fully saturated rings. The lowest BCUT2D eigenvalue weighted by Crippen LogP contribution is -2.43. The molecule has 0 heterocycles. The predicted octanol–water partition coefficient (Wildman–Crippen LogP) is -0.806. The predicted molar refractivity (Wildman–Crippen MR) is 51.7 cm³/mol. The number of nitrogens with one attached hydrogen (secondary N) is 2. The summed E-state index contributed by atoms with van der Waals surface area (Å²) in [4.78, 5) is 21.5. The number of nitrogens with two attached hydrogens (primary N) is 1. The van der Waals surface area contributed by atoms with Crippen LogP contribution in [-0.4, -0.2) is 37.7 Å². The Labute approximate surface area is 83.2 Å². The maximum Gasteiger partial charge on any atom is 0.318 e. The van der Waals surface area contributed by atoms with Crippen LogP contribution in [0.1, 0.15) is 13.8 Å². The second-order valence-electron chi connectivity index (χ2n) is 3.00. The maximum absolute atomic E-state index is 11.1. The highest BCUT2D eigenvalue weighted by atomic mass is 16.5. The number of hydrogen-bond donors (Lipinski definition) is 3. The van der Waals surface area contributed by atoms with E-state index in [0.717, 1.165) is 0 Å². The number of likely N-dealkylation sites (N-methyl/N-ethyl adjacent to an activating group) is 1. The third-order valence-corrected chi connectivity index (χ3v) is 1.54. The molecule has 6 heteroatoms. The van der Waals surface area contributed by atoms with Crippen LogP contribution in [0, 0.1) is 0 Å². The van der Waals surface area contributed by atoms with Gasteiger partial charge in [0.15, 0.2) is 0 Å². The normalized spacial score (nSPS) is 14.5. The number of primary amides is 1. The lowest BCUT2D eigenvalue weighted by Gasteiger charge is -2.17. The lowest BCUT2D eigenvalue weighted by molar-refractivity contribution is -0.133. The van der Waals surface area contributed by atoms with Gasteiger partial charge in [-0.15, -0.1) is 0 Å². The van der Waals surface area contributed by atoms with Gasteiger partial charge in [0.05, 0.1) is 6.10 Å². The van der Waals surface area contributed by atoms with Crippen LogP contribution in [-0.2, 0) is 9.53 Å². The van der Waals surface area contributed by atoms with Crippen molar-refractivity contribution in [2.45, 2.75) is 26.1 Å². The van der Waals surface area contributed by atoms with Gasteiger partial charge >= 0.3 is 6.03 Å². The Morgan fingerprint density at radius 1 is 1.43 bits per heavy atom. The average molecular weight is 203 g/mol. The van der Waals surface area contributed by atoms with E-state index in [9.17, 15) is 9.59 Å². The second kappa shape index (κ2) is 6.33. The smallest absolute Gasteiger partial charge is 0.318 e. The molecule has 0 aromatic carbocycles. The van der Waals surface area contributed by atoms with E-state index in [0.29, 0.717) is 6.54 Å². The third-order valence-electron chi connectivity index (χ3n) is 1.54. The zero-order chi connectivity index (χ0) is 11.1. The molecule has 0 rings (SSSR count). The summed E-state index contributed by atoms with van der Waals surface area (Å²) < 4.78 is 5.27. The topological polar surface area (TPSA) is 93.4 Å². The van der Waals surface area contributed by atoms with Gasteiger partial charge in [0.25, 0.3) is 5.91 Å². The number of urea groups is 1. The Morgan fingerprint density at radius 3 is 2.43 bits per heavy atom. The molecular formula is C8H17N3O3. The molecule has 0 spiro atoms. The van der Waals surface area contributed by atoms with E-state index in [2.05, 4.69) is 5.32 Å². The van der Waals surface area contributed by atoms with Crippen molar-refractivity contribution in [2.75, 3.05) is 13.6 Å². The van der Waals surface area contributed by atoms with Gasteiger partial charge in [-0.2, -0.15) is 0 Å². The Morgan fingerprint density at radius 2 is 2.00 bits per heavy atom. The van der Waals surface area contributed by atoms with Crippen molar-refractivity contribution in [3.05, 3.63) is 0 Å². The van der Waals surface area contributed by atoms with E-state index in [1.807, 2.05) is 12.2 Å². The highest BCUT2D eigenvalue weighted by Crippen LogP contribution is 1.97. The second-order valence-corrected chi connectivity index (χ2v) is 3.00. The summed E-state index contributed by atoms with van der Waals surface area (Å²) in [5.74, 6) is -0.527. The van der Waals surface area contributed by atoms with Crippen LogP contribution in [0.2, 0.25) is 0 Å². The van der Waals surface area contributed by atoms with Gasteiger partial charge < -0.3 is 15.8 Å². The zero-order valence-electron chi connectivity index (χ0n) is 8.66. The standard InChI is InChI=1S/C8H17N3O3/c1-5(4-10-3)14-6(2)7(12)11-8(9)13/h5-6,10H,4H2,1-3H3,(H3,9,11,12,13). The monoisotopic (exact) mass is 203 g/mol. The fourth-order valence-electron chi connectivity index (χ4n) is 0.969. The summed E-state index contributed by atoms with van der Waals surface area (Å²) in [6, 6.07) is -0.869. The number of rotatable bonds is 5. The summed E-state index contributed by atoms with van der Waals surface area (Å²) >= 11 is 0. The van der Waals surface area contributed by atoms with Crippen LogP contribution in [0.15, 0.2) is 0 Å². The van der Waals surface area contributed by atoms with Crippen molar-refractivity contribution in [2.24, 2.45) is 5.73 Å². The van der Waals surface area contributed by atoms with Crippen LogP contribution < -0.4 is 16.4 Å². The quantitative estimate of drug-likeness (QED) is 0.545. The molecule has 0 aliphatic carbocycles. The van der Waals surface area contributed by atoms with Crippen molar-refractivity contribution < 1.29 is 14.3 Å². The molecule has 0 aromatic rings. The van der Waals surface area contributed by atoms with Crippen LogP contribution in [0.25, 0.3) is 0 Å². The van der Waals surface area contributed by atoms with E-state index in [4.69, 9.17) is 10.5 Å². The highest BCUT2D eigenvalue weighted by Gasteiger charge is 2.17. The van der Waals surface area contributed by atoms with Gasteiger partial charge in [0, 0.05) is 6.54 Å². The summed E-state index contributed by atoms with van der Waals surface area (Å²) in [5, 5.41) is 4.85. The molecule has 6 nitrogen and oxygen atoms in total. The first-order valence-electron chi connectivity index (χ1n) is 4.37. The van der Waals surface area contributed by atoms with Gasteiger partial charge in [-0.05, 0) is 20.9 Å². The van der Waals surface area contributed by atoms with Gasteiger partial charge in [-0.3, -0.25) is 10.1 Å². The van der Waals surface area contributed by atoms with E-state index in [1.54, 1.807) is 14.0 Å². The molecule has 2 atom stereocenters. The van der Waals surface area contributed by atoms with Crippen LogP contribution in [0.3, 0.4) is 0 Å². The number of carbonyl (C=O) groups is 2. The molecule has 0 saturated heterocycles. The molecule has 0 aromatic heterocycles. The highest BCUT2D eigenvalue weighted by molar-refractivity contribution is 5.95. The minimum atomic E-state index is -0.869. The van der Waals surface area contributed by atoms with E-state index in [-0.39, 0.29) is 6.10 Å². The van der Waals surface area contributed by atoms with Gasteiger partial charge in [-0.1, -0.05) is 0 Å². The van der Waals surface area contributed by atoms with Gasteiger partial charge in [0.1, 0.15) is 6.10 Å². The van der Waals surface area contributed by atoms with Crippen molar-refractivity contribution in [3.63, 3.8) is 0 Å². The number of amides is 3. The van der Waals surface area contributed by atoms with Gasteiger partial charge in [0.2, 0.25) is 0 Å². The van der Waals surface area contributed by atoms with Crippen LogP contribution in [0.5, 0.6) is 0 Å². The molecular weight excluding hydrogens is 186 g/mol. The average Bonchev–Trinajstić information content (AvgIpc) is 2.02. The van der Waals surface area contributed by atoms with Crippen molar-refractivity contribution in [1.82, 2.24) is 10.6 Å². The van der Waals surface area contributed by atoms with Gasteiger partial charge in [-0.25, -0.2) is 4.79 Å². The fourth-order valence-corrected chi connectivity index (χ4v) is 0.969. The molecule has 4 N–H and O–H groups in total. The Bertz CT molecular complexity index is 208. The first-order chi connectivity index (χ1) is 6.47. The number of hydrogen-bond acceptors (Lipinski definition) is 4. The molecule has 14 heavy (non-hydrogen) atoms. The Balaban J connectivity index is 3.88. The molecule has 0 bridgehead atoms.